The van der Waals surface area contributed by atoms with Crippen molar-refractivity contribution in [2.45, 2.75) is 6.54 Å². The van der Waals surface area contributed by atoms with Crippen LogP contribution >= 0.6 is 0 Å². The highest BCUT2D eigenvalue weighted by atomic mass is 16.5. The van der Waals surface area contributed by atoms with E-state index < -0.39 is 0 Å². The first-order valence-electron chi connectivity index (χ1n) is 6.79. The van der Waals surface area contributed by atoms with Crippen molar-refractivity contribution in [2.24, 2.45) is 0 Å². The number of aromatic nitrogens is 2. The zero-order valence-electron chi connectivity index (χ0n) is 11.5. The summed E-state index contributed by atoms with van der Waals surface area (Å²) in [5, 5.41) is 3.03. The predicted octanol–water partition coefficient (Wildman–Crippen LogP) is 1.15. The van der Waals surface area contributed by atoms with Gasteiger partial charge in [-0.3, -0.25) is 4.79 Å². The summed E-state index contributed by atoms with van der Waals surface area (Å²) >= 11 is 0. The number of rotatable bonds is 4. The molecule has 1 amide bonds. The molecule has 1 fully saturated rings. The smallest absolute Gasteiger partial charge is 0.272 e. The van der Waals surface area contributed by atoms with E-state index in [1.54, 1.807) is 23.4 Å². The van der Waals surface area contributed by atoms with Gasteiger partial charge in [-0.15, -0.1) is 0 Å². The van der Waals surface area contributed by atoms with Crippen LogP contribution in [0.25, 0.3) is 0 Å². The molecule has 0 aromatic carbocycles. The number of anilines is 1. The lowest BCUT2D eigenvalue weighted by molar-refractivity contribution is 0.0299. The maximum atomic E-state index is 12.3. The molecule has 1 aliphatic rings. The van der Waals surface area contributed by atoms with Crippen molar-refractivity contribution < 1.29 is 13.9 Å². The van der Waals surface area contributed by atoms with Gasteiger partial charge in [0.2, 0.25) is 5.95 Å². The summed E-state index contributed by atoms with van der Waals surface area (Å²) in [4.78, 5) is 22.4. The number of amides is 1. The van der Waals surface area contributed by atoms with Gasteiger partial charge >= 0.3 is 0 Å². The minimum atomic E-state index is -0.0956. The minimum Gasteiger partial charge on any atom is -0.467 e. The first kappa shape index (κ1) is 13.6. The maximum Gasteiger partial charge on any atom is 0.272 e. The SMILES string of the molecule is O=C(c1ccnc(NCc2ccco2)n1)N1CCOCC1. The van der Waals surface area contributed by atoms with E-state index in [0.717, 1.165) is 5.76 Å². The van der Waals surface area contributed by atoms with Gasteiger partial charge in [0, 0.05) is 19.3 Å². The topological polar surface area (TPSA) is 80.5 Å². The fourth-order valence-electron chi connectivity index (χ4n) is 2.07. The zero-order chi connectivity index (χ0) is 14.5. The third-order valence-electron chi connectivity index (χ3n) is 3.17. The van der Waals surface area contributed by atoms with E-state index in [4.69, 9.17) is 9.15 Å². The standard InChI is InChI=1S/C14H16N4O3/c19-13(18-5-8-20-9-6-18)12-3-4-15-14(17-12)16-10-11-2-1-7-21-11/h1-4,7H,5-6,8-10H2,(H,15,16,17). The third-order valence-corrected chi connectivity index (χ3v) is 3.17. The normalized spacial score (nSPS) is 15.0. The van der Waals surface area contributed by atoms with Crippen molar-refractivity contribution in [1.82, 2.24) is 14.9 Å². The van der Waals surface area contributed by atoms with Crippen LogP contribution in [0.5, 0.6) is 0 Å². The molecule has 1 saturated heterocycles. The fourth-order valence-corrected chi connectivity index (χ4v) is 2.07. The van der Waals surface area contributed by atoms with Gasteiger partial charge in [0.25, 0.3) is 5.91 Å². The molecule has 110 valence electrons. The van der Waals surface area contributed by atoms with E-state index in [9.17, 15) is 4.79 Å². The van der Waals surface area contributed by atoms with Crippen molar-refractivity contribution in [1.29, 1.82) is 0 Å². The van der Waals surface area contributed by atoms with Crippen molar-refractivity contribution in [2.75, 3.05) is 31.6 Å². The van der Waals surface area contributed by atoms with Gasteiger partial charge in [0.05, 0.1) is 26.0 Å². The number of furan rings is 1. The fraction of sp³-hybridized carbons (Fsp3) is 0.357. The lowest BCUT2D eigenvalue weighted by Gasteiger charge is -2.26. The van der Waals surface area contributed by atoms with Gasteiger partial charge in [-0.05, 0) is 18.2 Å². The molecule has 2 aromatic heterocycles. The molecule has 7 heteroatoms. The van der Waals surface area contributed by atoms with Crippen molar-refractivity contribution >= 4 is 11.9 Å². The molecule has 0 unspecified atom stereocenters. The Balaban J connectivity index is 1.66. The summed E-state index contributed by atoms with van der Waals surface area (Å²) in [6.07, 6.45) is 3.18. The van der Waals surface area contributed by atoms with E-state index in [-0.39, 0.29) is 5.91 Å². The molecule has 0 atom stereocenters. The molecule has 21 heavy (non-hydrogen) atoms. The summed E-state index contributed by atoms with van der Waals surface area (Å²) in [5.74, 6) is 1.09. The van der Waals surface area contributed by atoms with Crippen LogP contribution in [-0.2, 0) is 11.3 Å². The second-order valence-electron chi connectivity index (χ2n) is 4.60. The van der Waals surface area contributed by atoms with Gasteiger partial charge in [0.15, 0.2) is 0 Å². The Bertz CT molecular complexity index is 594. The number of ether oxygens (including phenoxy) is 1. The molecule has 2 aromatic rings. The second kappa shape index (κ2) is 6.36. The summed E-state index contributed by atoms with van der Waals surface area (Å²) in [5.41, 5.74) is 0.383. The van der Waals surface area contributed by atoms with Gasteiger partial charge < -0.3 is 19.4 Å². The summed E-state index contributed by atoms with van der Waals surface area (Å²) in [6, 6.07) is 5.29. The first-order valence-corrected chi connectivity index (χ1v) is 6.79. The first-order chi connectivity index (χ1) is 10.3. The number of carbonyl (C=O) groups excluding carboxylic acids is 1. The third kappa shape index (κ3) is 3.38. The molecule has 3 heterocycles. The Hall–Kier alpha value is -2.41. The van der Waals surface area contributed by atoms with E-state index in [1.807, 2.05) is 12.1 Å². The predicted molar refractivity (Wildman–Crippen MR) is 74.8 cm³/mol. The molecule has 0 saturated carbocycles. The highest BCUT2D eigenvalue weighted by Crippen LogP contribution is 2.08. The molecule has 0 bridgehead atoms. The van der Waals surface area contributed by atoms with Gasteiger partial charge in [-0.25, -0.2) is 9.97 Å². The van der Waals surface area contributed by atoms with Crippen LogP contribution in [0.2, 0.25) is 0 Å². The van der Waals surface area contributed by atoms with Crippen molar-refractivity contribution in [3.63, 3.8) is 0 Å². The summed E-state index contributed by atoms with van der Waals surface area (Å²) in [7, 11) is 0. The number of morpholine rings is 1. The minimum absolute atomic E-state index is 0.0956. The lowest BCUT2D eigenvalue weighted by atomic mass is 10.3. The van der Waals surface area contributed by atoms with E-state index in [1.165, 1.54) is 0 Å². The van der Waals surface area contributed by atoms with E-state index in [0.29, 0.717) is 44.5 Å². The molecular weight excluding hydrogens is 272 g/mol. The van der Waals surface area contributed by atoms with E-state index in [2.05, 4.69) is 15.3 Å². The number of hydrogen-bond acceptors (Lipinski definition) is 6. The van der Waals surface area contributed by atoms with Crippen molar-refractivity contribution in [3.8, 4) is 0 Å². The van der Waals surface area contributed by atoms with Crippen LogP contribution in [0.1, 0.15) is 16.2 Å². The molecule has 7 nitrogen and oxygen atoms in total. The van der Waals surface area contributed by atoms with Crippen LogP contribution in [0, 0.1) is 0 Å². The van der Waals surface area contributed by atoms with Crippen molar-refractivity contribution in [3.05, 3.63) is 42.1 Å². The quantitative estimate of drug-likeness (QED) is 0.909. The van der Waals surface area contributed by atoms with Gasteiger partial charge in [-0.2, -0.15) is 0 Å². The highest BCUT2D eigenvalue weighted by molar-refractivity contribution is 5.92. The molecule has 3 rings (SSSR count). The Kier molecular flexibility index (Phi) is 4.11. The monoisotopic (exact) mass is 288 g/mol. The molecule has 1 N–H and O–H groups in total. The number of nitrogens with zero attached hydrogens (tertiary/aromatic N) is 3. The zero-order valence-corrected chi connectivity index (χ0v) is 11.5. The molecule has 0 spiro atoms. The average Bonchev–Trinajstić information content (AvgIpc) is 3.07. The number of hydrogen-bond donors (Lipinski definition) is 1. The Morgan fingerprint density at radius 2 is 2.19 bits per heavy atom. The van der Waals surface area contributed by atoms with Crippen LogP contribution in [0.4, 0.5) is 5.95 Å². The van der Waals surface area contributed by atoms with E-state index >= 15 is 0 Å². The second-order valence-corrected chi connectivity index (χ2v) is 4.60. The van der Waals surface area contributed by atoms with Gasteiger partial charge in [0.1, 0.15) is 11.5 Å². The largest absolute Gasteiger partial charge is 0.467 e. The summed E-state index contributed by atoms with van der Waals surface area (Å²) < 4.78 is 10.5. The van der Waals surface area contributed by atoms with Crippen LogP contribution in [0.3, 0.4) is 0 Å². The number of nitrogens with one attached hydrogen (secondary N) is 1. The van der Waals surface area contributed by atoms with Crippen LogP contribution in [0.15, 0.2) is 35.1 Å². The molecule has 0 aliphatic carbocycles. The molecule has 1 aliphatic heterocycles. The average molecular weight is 288 g/mol. The number of carbonyl (C=O) groups is 1. The highest BCUT2D eigenvalue weighted by Gasteiger charge is 2.19. The summed E-state index contributed by atoms with van der Waals surface area (Å²) in [6.45, 7) is 2.80. The Morgan fingerprint density at radius 1 is 1.33 bits per heavy atom. The Morgan fingerprint density at radius 3 is 2.95 bits per heavy atom. The van der Waals surface area contributed by atoms with Crippen LogP contribution in [-0.4, -0.2) is 47.1 Å². The van der Waals surface area contributed by atoms with Crippen LogP contribution < -0.4 is 5.32 Å². The molecule has 0 radical (unpaired) electrons. The van der Waals surface area contributed by atoms with Gasteiger partial charge in [-0.1, -0.05) is 0 Å². The Labute approximate surface area is 121 Å². The lowest BCUT2D eigenvalue weighted by Crippen LogP contribution is -2.41. The maximum absolute atomic E-state index is 12.3. The molecular formula is C14H16N4O3.